The maximum absolute atomic E-state index is 12.0. The first kappa shape index (κ1) is 13.4. The van der Waals surface area contributed by atoms with Gasteiger partial charge >= 0.3 is 0 Å². The van der Waals surface area contributed by atoms with Gasteiger partial charge in [0, 0.05) is 25.3 Å². The van der Waals surface area contributed by atoms with Gasteiger partial charge < -0.3 is 5.32 Å². The smallest absolute Gasteiger partial charge is 0.236 e. The van der Waals surface area contributed by atoms with E-state index >= 15 is 0 Å². The van der Waals surface area contributed by atoms with Crippen LogP contribution in [0.4, 0.5) is 5.69 Å². The zero-order valence-electron chi connectivity index (χ0n) is 10.8. The molecule has 0 spiro atoms. The third-order valence-electron chi connectivity index (χ3n) is 3.02. The highest BCUT2D eigenvalue weighted by Gasteiger charge is 2.25. The van der Waals surface area contributed by atoms with Crippen molar-refractivity contribution < 1.29 is 8.42 Å². The van der Waals surface area contributed by atoms with Crippen LogP contribution in [0.25, 0.3) is 0 Å². The summed E-state index contributed by atoms with van der Waals surface area (Å²) in [5.74, 6) is 0. The number of aromatic nitrogens is 2. The molecule has 1 aromatic heterocycles. The molecule has 1 aliphatic carbocycles. The first-order valence-electron chi connectivity index (χ1n) is 6.28. The van der Waals surface area contributed by atoms with E-state index in [1.54, 1.807) is 17.8 Å². The average molecular weight is 272 g/mol. The number of sulfonamides is 1. The molecule has 0 aromatic carbocycles. The highest BCUT2D eigenvalue weighted by atomic mass is 32.2. The molecule has 1 aromatic rings. The molecule has 1 fully saturated rings. The van der Waals surface area contributed by atoms with Gasteiger partial charge in [-0.3, -0.25) is 9.40 Å². The molecule has 1 heterocycles. The molecule has 18 heavy (non-hydrogen) atoms. The van der Waals surface area contributed by atoms with Gasteiger partial charge in [-0.15, -0.1) is 0 Å². The van der Waals surface area contributed by atoms with Crippen molar-refractivity contribution in [3.63, 3.8) is 0 Å². The minimum Gasteiger partial charge on any atom is -0.313 e. The second-order valence-corrected chi connectivity index (χ2v) is 6.82. The van der Waals surface area contributed by atoms with E-state index in [1.807, 2.05) is 6.92 Å². The van der Waals surface area contributed by atoms with E-state index in [2.05, 4.69) is 15.1 Å². The van der Waals surface area contributed by atoms with Crippen LogP contribution in [-0.4, -0.2) is 36.0 Å². The highest BCUT2D eigenvalue weighted by molar-refractivity contribution is 7.93. The van der Waals surface area contributed by atoms with E-state index in [0.29, 0.717) is 18.3 Å². The number of nitrogens with zero attached hydrogens (tertiary/aromatic N) is 2. The van der Waals surface area contributed by atoms with Crippen molar-refractivity contribution in [1.29, 1.82) is 0 Å². The van der Waals surface area contributed by atoms with E-state index in [1.165, 1.54) is 6.20 Å². The van der Waals surface area contributed by atoms with Gasteiger partial charge in [0.1, 0.15) is 0 Å². The standard InChI is InChI=1S/C11H20N4O2S/c1-3-15-8-11(7-13-15)14-18(16,17)9(2)6-12-10-4-5-10/h7-10,12,14H,3-6H2,1-2H3. The van der Waals surface area contributed by atoms with Crippen molar-refractivity contribution >= 4 is 15.7 Å². The maximum Gasteiger partial charge on any atom is 0.236 e. The Hall–Kier alpha value is -1.08. The largest absolute Gasteiger partial charge is 0.313 e. The van der Waals surface area contributed by atoms with Crippen LogP contribution in [0.3, 0.4) is 0 Å². The van der Waals surface area contributed by atoms with Gasteiger partial charge in [-0.05, 0) is 26.7 Å². The molecule has 1 unspecified atom stereocenters. The van der Waals surface area contributed by atoms with Crippen molar-refractivity contribution in [3.05, 3.63) is 12.4 Å². The van der Waals surface area contributed by atoms with Crippen LogP contribution < -0.4 is 10.0 Å². The zero-order chi connectivity index (χ0) is 13.2. The molecule has 0 saturated heterocycles. The number of rotatable bonds is 7. The first-order valence-corrected chi connectivity index (χ1v) is 7.83. The summed E-state index contributed by atoms with van der Waals surface area (Å²) in [5.41, 5.74) is 0.523. The van der Waals surface area contributed by atoms with Gasteiger partial charge in [0.15, 0.2) is 0 Å². The van der Waals surface area contributed by atoms with Crippen LogP contribution in [0, 0.1) is 0 Å². The predicted octanol–water partition coefficient (Wildman–Crippen LogP) is 0.785. The Morgan fingerprint density at radius 2 is 2.28 bits per heavy atom. The Labute approximate surface area is 108 Å². The normalized spacial score (nSPS) is 17.7. The molecule has 7 heteroatoms. The van der Waals surface area contributed by atoms with E-state index in [4.69, 9.17) is 0 Å². The van der Waals surface area contributed by atoms with E-state index in [-0.39, 0.29) is 0 Å². The maximum atomic E-state index is 12.0. The minimum atomic E-state index is -3.34. The highest BCUT2D eigenvalue weighted by Crippen LogP contribution is 2.19. The molecule has 1 saturated carbocycles. The van der Waals surface area contributed by atoms with E-state index in [0.717, 1.165) is 19.4 Å². The lowest BCUT2D eigenvalue weighted by Gasteiger charge is -2.14. The van der Waals surface area contributed by atoms with Crippen LogP contribution in [0.1, 0.15) is 26.7 Å². The van der Waals surface area contributed by atoms with Crippen LogP contribution in [0.2, 0.25) is 0 Å². The molecule has 6 nitrogen and oxygen atoms in total. The zero-order valence-corrected chi connectivity index (χ0v) is 11.6. The molecule has 1 aliphatic rings. The Morgan fingerprint density at radius 1 is 1.56 bits per heavy atom. The Kier molecular flexibility index (Phi) is 3.91. The fourth-order valence-corrected chi connectivity index (χ4v) is 2.53. The molecule has 2 N–H and O–H groups in total. The number of hydrogen-bond donors (Lipinski definition) is 2. The fraction of sp³-hybridized carbons (Fsp3) is 0.727. The molecule has 102 valence electrons. The van der Waals surface area contributed by atoms with Gasteiger partial charge in [0.2, 0.25) is 10.0 Å². The summed E-state index contributed by atoms with van der Waals surface area (Å²) in [7, 11) is -3.34. The fourth-order valence-electron chi connectivity index (χ4n) is 1.58. The molecule has 0 aliphatic heterocycles. The topological polar surface area (TPSA) is 76.0 Å². The van der Waals surface area contributed by atoms with Crippen molar-refractivity contribution in [3.8, 4) is 0 Å². The average Bonchev–Trinajstić information content (AvgIpc) is 3.05. The monoisotopic (exact) mass is 272 g/mol. The molecular formula is C11H20N4O2S. The summed E-state index contributed by atoms with van der Waals surface area (Å²) < 4.78 is 28.3. The third kappa shape index (κ3) is 3.46. The summed E-state index contributed by atoms with van der Waals surface area (Å²) in [5, 5.41) is 6.81. The Bertz CT molecular complexity index is 493. The van der Waals surface area contributed by atoms with Gasteiger partial charge in [-0.2, -0.15) is 5.10 Å². The van der Waals surface area contributed by atoms with Crippen molar-refractivity contribution in [2.75, 3.05) is 11.3 Å². The predicted molar refractivity (Wildman–Crippen MR) is 70.9 cm³/mol. The summed E-state index contributed by atoms with van der Waals surface area (Å²) in [4.78, 5) is 0. The number of aryl methyl sites for hydroxylation is 1. The Balaban J connectivity index is 1.92. The van der Waals surface area contributed by atoms with Gasteiger partial charge in [-0.1, -0.05) is 0 Å². The van der Waals surface area contributed by atoms with Gasteiger partial charge in [-0.25, -0.2) is 8.42 Å². The molecule has 0 amide bonds. The SMILES string of the molecule is CCn1cc(NS(=O)(=O)C(C)CNC2CC2)cn1. The van der Waals surface area contributed by atoms with Gasteiger partial charge in [0.25, 0.3) is 0 Å². The van der Waals surface area contributed by atoms with E-state index < -0.39 is 15.3 Å². The summed E-state index contributed by atoms with van der Waals surface area (Å²) in [6.07, 6.45) is 5.54. The quantitative estimate of drug-likeness (QED) is 0.769. The van der Waals surface area contributed by atoms with Crippen LogP contribution in [0.5, 0.6) is 0 Å². The molecule has 0 radical (unpaired) electrons. The van der Waals surface area contributed by atoms with Crippen molar-refractivity contribution in [2.24, 2.45) is 0 Å². The lowest BCUT2D eigenvalue weighted by Crippen LogP contribution is -2.35. The molecule has 1 atom stereocenters. The second-order valence-electron chi connectivity index (χ2n) is 4.72. The summed E-state index contributed by atoms with van der Waals surface area (Å²) in [6, 6.07) is 0.519. The minimum absolute atomic E-state index is 0.455. The van der Waals surface area contributed by atoms with E-state index in [9.17, 15) is 8.42 Å². The lowest BCUT2D eigenvalue weighted by molar-refractivity contribution is 0.576. The molecule has 0 bridgehead atoms. The van der Waals surface area contributed by atoms with Crippen molar-refractivity contribution in [1.82, 2.24) is 15.1 Å². The number of anilines is 1. The molecule has 2 rings (SSSR count). The third-order valence-corrected chi connectivity index (χ3v) is 4.76. The Morgan fingerprint density at radius 3 is 2.83 bits per heavy atom. The number of hydrogen-bond acceptors (Lipinski definition) is 4. The van der Waals surface area contributed by atoms with Crippen molar-refractivity contribution in [2.45, 2.75) is 44.5 Å². The summed E-state index contributed by atoms with van der Waals surface area (Å²) in [6.45, 7) is 4.87. The lowest BCUT2D eigenvalue weighted by atomic mass is 10.4. The second kappa shape index (κ2) is 5.27. The van der Waals surface area contributed by atoms with Crippen LogP contribution in [-0.2, 0) is 16.6 Å². The van der Waals surface area contributed by atoms with Crippen LogP contribution >= 0.6 is 0 Å². The van der Waals surface area contributed by atoms with Crippen LogP contribution in [0.15, 0.2) is 12.4 Å². The first-order chi connectivity index (χ1) is 8.51. The summed E-state index contributed by atoms with van der Waals surface area (Å²) >= 11 is 0. The number of nitrogens with one attached hydrogen (secondary N) is 2. The van der Waals surface area contributed by atoms with Gasteiger partial charge in [0.05, 0.1) is 17.1 Å². The molecular weight excluding hydrogens is 252 g/mol.